The van der Waals surface area contributed by atoms with Crippen molar-refractivity contribution in [3.8, 4) is 11.5 Å². The molecule has 2 N–H and O–H groups in total. The van der Waals surface area contributed by atoms with Crippen LogP contribution in [0.15, 0.2) is 54.6 Å². The first-order valence-electron chi connectivity index (χ1n) is 11.0. The highest BCUT2D eigenvalue weighted by Crippen LogP contribution is 2.33. The number of nitrogen functional groups attached to an aromatic ring is 1. The number of nitro groups is 3. The molecule has 1 fully saturated rings. The Morgan fingerprint density at radius 3 is 1.77 bits per heavy atom. The molecule has 4 rings (SSSR count). The quantitative estimate of drug-likeness (QED) is 0.251. The molecule has 1 amide bonds. The third-order valence-corrected chi connectivity index (χ3v) is 5.17. The molecule has 206 valence electrons. The van der Waals surface area contributed by atoms with E-state index in [0.29, 0.717) is 22.7 Å². The number of methoxy groups -OCH3 is 2. The van der Waals surface area contributed by atoms with Gasteiger partial charge in [0.2, 0.25) is 0 Å². The van der Waals surface area contributed by atoms with Crippen LogP contribution in [0.2, 0.25) is 0 Å². The second-order valence-corrected chi connectivity index (χ2v) is 7.82. The fourth-order valence-electron chi connectivity index (χ4n) is 3.12. The molecule has 0 saturated carbocycles. The molecule has 0 spiro atoms. The smallest absolute Gasteiger partial charge is 0.418 e. The van der Waals surface area contributed by atoms with Gasteiger partial charge in [0.05, 0.1) is 34.7 Å². The Morgan fingerprint density at radius 1 is 0.795 bits per heavy atom. The Labute approximate surface area is 221 Å². The lowest BCUT2D eigenvalue weighted by Gasteiger charge is -2.29. The lowest BCUT2D eigenvalue weighted by Crippen LogP contribution is -2.45. The van der Waals surface area contributed by atoms with Crippen molar-refractivity contribution in [1.29, 1.82) is 0 Å². The number of nitro benzene ring substituents is 3. The van der Waals surface area contributed by atoms with Gasteiger partial charge >= 0.3 is 17.5 Å². The number of rotatable bonds is 6. The van der Waals surface area contributed by atoms with Crippen LogP contribution in [0.1, 0.15) is 11.1 Å². The number of hydrogen-bond donors (Lipinski definition) is 1. The number of benzene rings is 3. The SMILES string of the molecule is COc1ccc(C)cc1[N+](=O)[O-].COc1ccc(N2COC2=O)cc1[N+](=O)[O-].Cc1ccc(N)cc1[N+](=O)[O-]. The van der Waals surface area contributed by atoms with Crippen LogP contribution in [-0.2, 0) is 4.74 Å². The van der Waals surface area contributed by atoms with E-state index in [0.717, 1.165) is 5.56 Å². The highest BCUT2D eigenvalue weighted by Gasteiger charge is 2.29. The average molecular weight is 543 g/mol. The third kappa shape index (κ3) is 7.75. The van der Waals surface area contributed by atoms with Gasteiger partial charge in [0.15, 0.2) is 18.2 Å². The van der Waals surface area contributed by atoms with Gasteiger partial charge in [-0.2, -0.15) is 0 Å². The molecule has 0 radical (unpaired) electrons. The summed E-state index contributed by atoms with van der Waals surface area (Å²) in [6.45, 7) is 3.59. The lowest BCUT2D eigenvalue weighted by molar-refractivity contribution is -0.385. The molecule has 15 nitrogen and oxygen atoms in total. The average Bonchev–Trinajstić information content (AvgIpc) is 2.89. The van der Waals surface area contributed by atoms with Crippen molar-refractivity contribution in [3.63, 3.8) is 0 Å². The van der Waals surface area contributed by atoms with Gasteiger partial charge in [-0.05, 0) is 43.7 Å². The first kappa shape index (κ1) is 29.8. The Hall–Kier alpha value is -5.47. The van der Waals surface area contributed by atoms with Gasteiger partial charge in [-0.1, -0.05) is 12.1 Å². The molecule has 1 heterocycles. The standard InChI is InChI=1S/C9H8N2O5.C8H9NO3.C7H8N2O2/c1-15-8-3-2-6(4-7(8)11(13)14)10-5-16-9(10)12;1-6-3-4-8(12-2)7(5-6)9(10)11;1-5-2-3-6(8)4-7(5)9(10)11/h2-4H,5H2,1H3;3-5H,1-2H3;2-4H,8H2,1H3. The number of amides is 1. The molecular weight excluding hydrogens is 518 g/mol. The van der Waals surface area contributed by atoms with E-state index in [9.17, 15) is 35.1 Å². The molecule has 39 heavy (non-hydrogen) atoms. The molecule has 0 aromatic heterocycles. The van der Waals surface area contributed by atoms with Crippen LogP contribution in [0.4, 0.5) is 33.2 Å². The van der Waals surface area contributed by atoms with Crippen LogP contribution in [0, 0.1) is 44.2 Å². The highest BCUT2D eigenvalue weighted by atomic mass is 16.6. The van der Waals surface area contributed by atoms with Crippen LogP contribution in [0.3, 0.4) is 0 Å². The van der Waals surface area contributed by atoms with Crippen molar-refractivity contribution in [2.24, 2.45) is 0 Å². The topological polar surface area (TPSA) is 203 Å². The Balaban J connectivity index is 0.000000210. The van der Waals surface area contributed by atoms with Crippen LogP contribution in [0.5, 0.6) is 11.5 Å². The van der Waals surface area contributed by atoms with Gasteiger partial charge in [-0.3, -0.25) is 30.3 Å². The van der Waals surface area contributed by atoms with E-state index in [4.69, 9.17) is 15.2 Å². The summed E-state index contributed by atoms with van der Waals surface area (Å²) >= 11 is 0. The summed E-state index contributed by atoms with van der Waals surface area (Å²) < 4.78 is 14.2. The zero-order valence-electron chi connectivity index (χ0n) is 21.4. The maximum atomic E-state index is 11.0. The fraction of sp³-hybridized carbons (Fsp3) is 0.208. The lowest BCUT2D eigenvalue weighted by atomic mass is 10.2. The van der Waals surface area contributed by atoms with Gasteiger partial charge in [0.1, 0.15) is 0 Å². The summed E-state index contributed by atoms with van der Waals surface area (Å²) in [5, 5.41) is 31.5. The summed E-state index contributed by atoms with van der Waals surface area (Å²) in [7, 11) is 2.76. The normalized spacial score (nSPS) is 11.4. The van der Waals surface area contributed by atoms with Gasteiger partial charge in [0.25, 0.3) is 5.69 Å². The monoisotopic (exact) mass is 543 g/mol. The summed E-state index contributed by atoms with van der Waals surface area (Å²) in [6.07, 6.45) is -0.514. The summed E-state index contributed by atoms with van der Waals surface area (Å²) in [5.74, 6) is 0.452. The minimum Gasteiger partial charge on any atom is -0.490 e. The number of carbonyl (C=O) groups is 1. The minimum absolute atomic E-state index is 0.0116. The van der Waals surface area contributed by atoms with Crippen molar-refractivity contribution < 1.29 is 33.8 Å². The van der Waals surface area contributed by atoms with E-state index in [1.165, 1.54) is 43.4 Å². The maximum absolute atomic E-state index is 11.0. The molecule has 1 saturated heterocycles. The van der Waals surface area contributed by atoms with Crippen molar-refractivity contribution in [1.82, 2.24) is 0 Å². The van der Waals surface area contributed by atoms with Gasteiger partial charge < -0.3 is 19.9 Å². The Bertz CT molecular complexity index is 1400. The Kier molecular flexibility index (Phi) is 10.1. The highest BCUT2D eigenvalue weighted by molar-refractivity contribution is 5.92. The minimum atomic E-state index is -0.562. The Morgan fingerprint density at radius 2 is 1.33 bits per heavy atom. The number of carbonyl (C=O) groups excluding carboxylic acids is 1. The summed E-state index contributed by atoms with van der Waals surface area (Å²) in [5.41, 5.74) is 7.58. The van der Waals surface area contributed by atoms with Gasteiger partial charge in [-0.15, -0.1) is 0 Å². The van der Waals surface area contributed by atoms with Gasteiger partial charge in [-0.25, -0.2) is 9.69 Å². The number of hydrogen-bond acceptors (Lipinski definition) is 11. The first-order chi connectivity index (χ1) is 18.4. The molecule has 0 bridgehead atoms. The predicted octanol–water partition coefficient (Wildman–Crippen LogP) is 4.91. The second kappa shape index (κ2) is 13.2. The van der Waals surface area contributed by atoms with E-state index in [-0.39, 0.29) is 29.5 Å². The zero-order chi connectivity index (χ0) is 29.3. The molecule has 0 aliphatic carbocycles. The number of aryl methyl sites for hydroxylation is 2. The molecule has 15 heteroatoms. The maximum Gasteiger partial charge on any atom is 0.418 e. The number of nitrogens with two attached hydrogens (primary N) is 1. The largest absolute Gasteiger partial charge is 0.490 e. The molecule has 3 aromatic rings. The fourth-order valence-corrected chi connectivity index (χ4v) is 3.12. The van der Waals surface area contributed by atoms with Crippen LogP contribution in [-0.4, -0.2) is 41.8 Å². The first-order valence-corrected chi connectivity index (χ1v) is 11.0. The van der Waals surface area contributed by atoms with E-state index in [1.54, 1.807) is 44.2 Å². The number of anilines is 2. The van der Waals surface area contributed by atoms with Crippen molar-refractivity contribution in [2.75, 3.05) is 31.6 Å². The molecule has 0 atom stereocenters. The van der Waals surface area contributed by atoms with Gasteiger partial charge in [0, 0.05) is 29.4 Å². The molecular formula is C24H25N5O10. The van der Waals surface area contributed by atoms with Crippen LogP contribution < -0.4 is 20.1 Å². The predicted molar refractivity (Wildman–Crippen MR) is 140 cm³/mol. The van der Waals surface area contributed by atoms with Crippen LogP contribution >= 0.6 is 0 Å². The van der Waals surface area contributed by atoms with E-state index in [1.807, 2.05) is 0 Å². The van der Waals surface area contributed by atoms with E-state index < -0.39 is 20.9 Å². The number of ether oxygens (including phenoxy) is 3. The van der Waals surface area contributed by atoms with E-state index >= 15 is 0 Å². The third-order valence-electron chi connectivity index (χ3n) is 5.17. The molecule has 1 aliphatic heterocycles. The molecule has 1 aliphatic rings. The van der Waals surface area contributed by atoms with Crippen LogP contribution in [0.25, 0.3) is 0 Å². The number of cyclic esters (lactones) is 1. The van der Waals surface area contributed by atoms with Crippen molar-refractivity contribution >= 4 is 34.5 Å². The molecule has 3 aromatic carbocycles. The molecule has 0 unspecified atom stereocenters. The summed E-state index contributed by atoms with van der Waals surface area (Å²) in [4.78, 5) is 42.3. The number of nitrogens with zero attached hydrogens (tertiary/aromatic N) is 4. The van der Waals surface area contributed by atoms with Crippen molar-refractivity contribution in [3.05, 3.63) is 96.1 Å². The zero-order valence-corrected chi connectivity index (χ0v) is 21.4. The second-order valence-electron chi connectivity index (χ2n) is 7.82. The summed E-state index contributed by atoms with van der Waals surface area (Å²) in [6, 6.07) is 13.8. The van der Waals surface area contributed by atoms with Crippen molar-refractivity contribution in [2.45, 2.75) is 13.8 Å². The van der Waals surface area contributed by atoms with E-state index in [2.05, 4.69) is 4.74 Å².